The summed E-state index contributed by atoms with van der Waals surface area (Å²) in [7, 11) is -2.68. The van der Waals surface area contributed by atoms with Gasteiger partial charge in [0.2, 0.25) is 0 Å². The second-order valence-corrected chi connectivity index (χ2v) is 6.01. The van der Waals surface area contributed by atoms with E-state index in [1.54, 1.807) is 0 Å². The van der Waals surface area contributed by atoms with Crippen LogP contribution in [0.25, 0.3) is 0 Å². The van der Waals surface area contributed by atoms with Crippen molar-refractivity contribution in [1.82, 2.24) is 5.32 Å². The number of hydrogen-bond donors (Lipinski definition) is 1. The molecule has 5 heteroatoms. The van der Waals surface area contributed by atoms with Crippen LogP contribution in [0.1, 0.15) is 12.8 Å². The van der Waals surface area contributed by atoms with Crippen molar-refractivity contribution in [2.24, 2.45) is 0 Å². The molecule has 0 aliphatic carbocycles. The first kappa shape index (κ1) is 9.43. The van der Waals surface area contributed by atoms with Crippen LogP contribution in [-0.2, 0) is 14.6 Å². The van der Waals surface area contributed by atoms with E-state index in [0.29, 0.717) is 17.5 Å². The lowest BCUT2D eigenvalue weighted by Gasteiger charge is -2.32. The van der Waals surface area contributed by atoms with Crippen molar-refractivity contribution in [1.29, 1.82) is 0 Å². The average Bonchev–Trinajstić information content (AvgIpc) is 2.03. The number of hydrogen-bond acceptors (Lipinski definition) is 4. The fraction of sp³-hybridized carbons (Fsp3) is 1.00. The molecule has 0 amide bonds. The van der Waals surface area contributed by atoms with Gasteiger partial charge < -0.3 is 10.1 Å². The van der Waals surface area contributed by atoms with E-state index in [1.165, 1.54) is 0 Å². The summed E-state index contributed by atoms with van der Waals surface area (Å²) in [4.78, 5) is 0. The van der Waals surface area contributed by atoms with Gasteiger partial charge >= 0.3 is 0 Å². The van der Waals surface area contributed by atoms with Crippen LogP contribution >= 0.6 is 0 Å². The molecule has 76 valence electrons. The molecule has 2 aliphatic heterocycles. The average molecular weight is 205 g/mol. The highest BCUT2D eigenvalue weighted by atomic mass is 32.2. The van der Waals surface area contributed by atoms with E-state index in [1.807, 2.05) is 0 Å². The molecular weight excluding hydrogens is 190 g/mol. The van der Waals surface area contributed by atoms with Crippen LogP contribution < -0.4 is 5.32 Å². The monoisotopic (exact) mass is 205 g/mol. The smallest absolute Gasteiger partial charge is 0.153 e. The first-order chi connectivity index (χ1) is 6.16. The second-order valence-electron chi connectivity index (χ2n) is 3.85. The van der Waals surface area contributed by atoms with Gasteiger partial charge in [-0.05, 0) is 12.8 Å². The molecule has 0 saturated carbocycles. The van der Waals surface area contributed by atoms with Crippen molar-refractivity contribution < 1.29 is 13.2 Å². The van der Waals surface area contributed by atoms with Gasteiger partial charge in [-0.25, -0.2) is 8.42 Å². The highest BCUT2D eigenvalue weighted by Crippen LogP contribution is 2.14. The van der Waals surface area contributed by atoms with Crippen LogP contribution in [0.4, 0.5) is 0 Å². The molecule has 1 atom stereocenters. The molecule has 0 aromatic rings. The summed E-state index contributed by atoms with van der Waals surface area (Å²) in [5.41, 5.74) is 0. The summed E-state index contributed by atoms with van der Waals surface area (Å²) >= 11 is 0. The standard InChI is InChI=1S/C8H15NO3S/c10-13(11)5-8(6-13)9-7-2-1-3-12-4-7/h7-9H,1-6H2. The Kier molecular flexibility index (Phi) is 2.58. The van der Waals surface area contributed by atoms with Gasteiger partial charge in [0.1, 0.15) is 0 Å². The molecule has 0 aromatic carbocycles. The topological polar surface area (TPSA) is 55.4 Å². The fourth-order valence-electron chi connectivity index (χ4n) is 1.87. The van der Waals surface area contributed by atoms with Gasteiger partial charge in [-0.15, -0.1) is 0 Å². The van der Waals surface area contributed by atoms with E-state index in [4.69, 9.17) is 4.74 Å². The number of nitrogens with one attached hydrogen (secondary N) is 1. The van der Waals surface area contributed by atoms with E-state index in [9.17, 15) is 8.42 Å². The second kappa shape index (κ2) is 3.55. The van der Waals surface area contributed by atoms with Gasteiger partial charge in [0.25, 0.3) is 0 Å². The maximum Gasteiger partial charge on any atom is 0.153 e. The highest BCUT2D eigenvalue weighted by molar-refractivity contribution is 7.92. The maximum absolute atomic E-state index is 10.9. The van der Waals surface area contributed by atoms with Crippen LogP contribution in [0.2, 0.25) is 0 Å². The highest BCUT2D eigenvalue weighted by Gasteiger charge is 2.34. The van der Waals surface area contributed by atoms with Crippen molar-refractivity contribution >= 4 is 9.84 Å². The largest absolute Gasteiger partial charge is 0.380 e. The summed E-state index contributed by atoms with van der Waals surface area (Å²) in [5, 5.41) is 3.31. The van der Waals surface area contributed by atoms with E-state index >= 15 is 0 Å². The van der Waals surface area contributed by atoms with Gasteiger partial charge in [0, 0.05) is 18.7 Å². The lowest BCUT2D eigenvalue weighted by atomic mass is 10.1. The summed E-state index contributed by atoms with van der Waals surface area (Å²) < 4.78 is 27.0. The summed E-state index contributed by atoms with van der Waals surface area (Å²) in [6.07, 6.45) is 2.19. The van der Waals surface area contributed by atoms with E-state index < -0.39 is 9.84 Å². The predicted octanol–water partition coefficient (Wildman–Crippen LogP) is -0.448. The lowest BCUT2D eigenvalue weighted by Crippen LogP contribution is -2.55. The van der Waals surface area contributed by atoms with E-state index in [-0.39, 0.29) is 6.04 Å². The van der Waals surface area contributed by atoms with Crippen LogP contribution in [-0.4, -0.2) is 45.2 Å². The third kappa shape index (κ3) is 2.42. The third-order valence-electron chi connectivity index (χ3n) is 2.54. The molecule has 2 rings (SSSR count). The normalized spacial score (nSPS) is 34.0. The van der Waals surface area contributed by atoms with Gasteiger partial charge in [0.15, 0.2) is 9.84 Å². The minimum atomic E-state index is -2.68. The minimum Gasteiger partial charge on any atom is -0.380 e. The van der Waals surface area contributed by atoms with Gasteiger partial charge in [0.05, 0.1) is 18.1 Å². The third-order valence-corrected chi connectivity index (χ3v) is 4.36. The summed E-state index contributed by atoms with van der Waals surface area (Å²) in [6, 6.07) is 0.547. The molecule has 2 saturated heterocycles. The molecule has 1 N–H and O–H groups in total. The molecule has 1 unspecified atom stereocenters. The zero-order valence-corrected chi connectivity index (χ0v) is 8.35. The Bertz CT molecular complexity index is 257. The Labute approximate surface area is 78.6 Å². The molecule has 2 aliphatic rings. The molecule has 0 aromatic heterocycles. The van der Waals surface area contributed by atoms with E-state index in [2.05, 4.69) is 5.32 Å². The Balaban J connectivity index is 1.73. The zero-order chi connectivity index (χ0) is 9.31. The summed E-state index contributed by atoms with van der Waals surface area (Å²) in [5.74, 6) is 0.618. The molecule has 2 heterocycles. The van der Waals surface area contributed by atoms with E-state index in [0.717, 1.165) is 26.1 Å². The van der Waals surface area contributed by atoms with Gasteiger partial charge in [-0.1, -0.05) is 0 Å². The van der Waals surface area contributed by atoms with Crippen molar-refractivity contribution in [3.8, 4) is 0 Å². The Morgan fingerprint density at radius 3 is 2.54 bits per heavy atom. The van der Waals surface area contributed by atoms with Crippen molar-refractivity contribution in [2.75, 3.05) is 24.7 Å². The van der Waals surface area contributed by atoms with Crippen LogP contribution in [0.5, 0.6) is 0 Å². The van der Waals surface area contributed by atoms with Crippen molar-refractivity contribution in [3.63, 3.8) is 0 Å². The summed E-state index contributed by atoms with van der Waals surface area (Å²) in [6.45, 7) is 1.58. The molecule has 0 radical (unpaired) electrons. The van der Waals surface area contributed by atoms with Crippen molar-refractivity contribution in [3.05, 3.63) is 0 Å². The molecular formula is C8H15NO3S. The van der Waals surface area contributed by atoms with Crippen LogP contribution in [0.3, 0.4) is 0 Å². The van der Waals surface area contributed by atoms with Crippen molar-refractivity contribution in [2.45, 2.75) is 24.9 Å². The number of ether oxygens (including phenoxy) is 1. The first-order valence-corrected chi connectivity index (χ1v) is 6.52. The molecule has 4 nitrogen and oxygen atoms in total. The first-order valence-electron chi connectivity index (χ1n) is 4.70. The SMILES string of the molecule is O=S1(=O)CC(NC2CCCOC2)C1. The predicted molar refractivity (Wildman–Crippen MR) is 49.4 cm³/mol. The Hall–Kier alpha value is -0.130. The molecule has 2 fully saturated rings. The Morgan fingerprint density at radius 1 is 1.23 bits per heavy atom. The van der Waals surface area contributed by atoms with Crippen LogP contribution in [0.15, 0.2) is 0 Å². The number of rotatable bonds is 2. The molecule has 0 spiro atoms. The lowest BCUT2D eigenvalue weighted by molar-refractivity contribution is 0.0675. The van der Waals surface area contributed by atoms with Crippen LogP contribution in [0, 0.1) is 0 Å². The minimum absolute atomic E-state index is 0.177. The maximum atomic E-state index is 10.9. The van der Waals surface area contributed by atoms with Gasteiger partial charge in [-0.3, -0.25) is 0 Å². The fourth-order valence-corrected chi connectivity index (χ4v) is 3.19. The Morgan fingerprint density at radius 2 is 2.00 bits per heavy atom. The zero-order valence-electron chi connectivity index (χ0n) is 7.53. The molecule has 0 bridgehead atoms. The quantitative estimate of drug-likeness (QED) is 0.663. The molecule has 13 heavy (non-hydrogen) atoms. The van der Waals surface area contributed by atoms with Gasteiger partial charge in [-0.2, -0.15) is 0 Å². The number of sulfone groups is 1.